The number of thiazole rings is 1. The highest BCUT2D eigenvalue weighted by Crippen LogP contribution is 2.30. The number of aromatic nitrogens is 2. The molecule has 4 aromatic rings. The Hall–Kier alpha value is -3.23. The van der Waals surface area contributed by atoms with E-state index in [4.69, 9.17) is 5.10 Å². The Kier molecular flexibility index (Phi) is 5.86. The van der Waals surface area contributed by atoms with Crippen LogP contribution in [0, 0.1) is 0 Å². The van der Waals surface area contributed by atoms with Gasteiger partial charge < -0.3 is 5.11 Å². The third-order valence-corrected chi connectivity index (χ3v) is 6.95. The second kappa shape index (κ2) is 8.96. The Labute approximate surface area is 200 Å². The van der Waals surface area contributed by atoms with E-state index in [-0.39, 0.29) is 10.9 Å². The zero-order chi connectivity index (χ0) is 22.9. The summed E-state index contributed by atoms with van der Waals surface area (Å²) < 4.78 is 1.12. The summed E-state index contributed by atoms with van der Waals surface area (Å²) >= 11 is 5.96. The predicted octanol–water partition coefficient (Wildman–Crippen LogP) is 6.20. The van der Waals surface area contributed by atoms with Gasteiger partial charge in [0.15, 0.2) is 5.69 Å². The van der Waals surface area contributed by atoms with Crippen molar-refractivity contribution in [1.29, 1.82) is 0 Å². The highest BCUT2D eigenvalue weighted by Gasteiger charge is 2.20. The lowest BCUT2D eigenvalue weighted by Gasteiger charge is -2.19. The van der Waals surface area contributed by atoms with Crippen LogP contribution in [0.2, 0.25) is 0 Å². The maximum Gasteiger partial charge on any atom is 0.354 e. The second-order valence-electron chi connectivity index (χ2n) is 8.00. The minimum Gasteiger partial charge on any atom is -0.477 e. The summed E-state index contributed by atoms with van der Waals surface area (Å²) in [5.41, 5.74) is 9.50. The maximum absolute atomic E-state index is 11.8. The lowest BCUT2D eigenvalue weighted by Crippen LogP contribution is -2.14. The van der Waals surface area contributed by atoms with E-state index in [0.29, 0.717) is 11.3 Å². The molecule has 1 unspecified atom stereocenters. The summed E-state index contributed by atoms with van der Waals surface area (Å²) in [6, 6.07) is 17.8. The van der Waals surface area contributed by atoms with Crippen LogP contribution in [0.15, 0.2) is 59.7 Å². The Balaban J connectivity index is 1.49. The molecule has 5 rings (SSSR count). The molecule has 0 radical (unpaired) electrons. The average molecular weight is 475 g/mol. The second-order valence-corrected chi connectivity index (χ2v) is 9.80. The Morgan fingerprint density at radius 3 is 2.79 bits per heavy atom. The van der Waals surface area contributed by atoms with Crippen molar-refractivity contribution >= 4 is 51.0 Å². The number of nitrogens with zero attached hydrogens (tertiary/aromatic N) is 3. The first-order chi connectivity index (χ1) is 16.0. The number of aromatic carboxylic acids is 1. The lowest BCUT2D eigenvalue weighted by molar-refractivity contribution is 0.0689. The molecule has 0 bridgehead atoms. The third kappa shape index (κ3) is 4.36. The van der Waals surface area contributed by atoms with E-state index in [1.54, 1.807) is 17.4 Å². The van der Waals surface area contributed by atoms with Crippen LogP contribution in [0.5, 0.6) is 0 Å². The van der Waals surface area contributed by atoms with Crippen LogP contribution in [-0.4, -0.2) is 26.8 Å². The molecule has 2 aromatic heterocycles. The molecule has 2 aromatic carbocycles. The topological polar surface area (TPSA) is 87.5 Å². The highest BCUT2D eigenvalue weighted by molar-refractivity contribution is 7.80. The molecular weight excluding hydrogens is 452 g/mol. The minimum atomic E-state index is -1.05. The molecule has 166 valence electrons. The number of hydrogen-bond acceptors (Lipinski definition) is 7. The standard InChI is InChI=1S/C25H22N4O2S2/c1-14(32)17-11-12-19(26-23(17)24(30)31)16-10-9-15-5-4-7-20(18(15)13-16)28-29-25-27-21-6-2-3-8-22(21)33-25/h2-3,6,8-14,32H,4-5,7H2,1H3,(H,27,29)(H,30,31)/b28-20+. The first-order valence-corrected chi connectivity index (χ1v) is 12.1. The van der Waals surface area contributed by atoms with Gasteiger partial charge in [-0.25, -0.2) is 14.8 Å². The molecule has 2 heterocycles. The van der Waals surface area contributed by atoms with Crippen LogP contribution in [0.4, 0.5) is 5.13 Å². The number of fused-ring (bicyclic) bond motifs is 2. The molecular formula is C25H22N4O2S2. The highest BCUT2D eigenvalue weighted by atomic mass is 32.1. The SMILES string of the molecule is CC(S)c1ccc(-c2ccc3c(c2)/C(=N/Nc2nc4ccccc4s2)CCC3)nc1C(=O)O. The van der Waals surface area contributed by atoms with E-state index in [2.05, 4.69) is 40.2 Å². The fourth-order valence-electron chi connectivity index (χ4n) is 4.09. The first-order valence-electron chi connectivity index (χ1n) is 10.7. The summed E-state index contributed by atoms with van der Waals surface area (Å²) in [6.07, 6.45) is 2.88. The largest absolute Gasteiger partial charge is 0.477 e. The molecule has 33 heavy (non-hydrogen) atoms. The number of rotatable bonds is 5. The molecule has 2 N–H and O–H groups in total. The Morgan fingerprint density at radius 1 is 1.15 bits per heavy atom. The van der Waals surface area contributed by atoms with Crippen LogP contribution >= 0.6 is 24.0 Å². The maximum atomic E-state index is 11.8. The number of anilines is 1. The number of pyridine rings is 1. The molecule has 0 saturated heterocycles. The van der Waals surface area contributed by atoms with Gasteiger partial charge in [-0.3, -0.25) is 5.43 Å². The zero-order valence-corrected chi connectivity index (χ0v) is 19.7. The van der Waals surface area contributed by atoms with Crippen molar-refractivity contribution in [2.24, 2.45) is 5.10 Å². The normalized spacial score (nSPS) is 15.4. The van der Waals surface area contributed by atoms with Crippen LogP contribution in [0.3, 0.4) is 0 Å². The van der Waals surface area contributed by atoms with Gasteiger partial charge in [0.25, 0.3) is 0 Å². The summed E-state index contributed by atoms with van der Waals surface area (Å²) in [4.78, 5) is 20.8. The smallest absolute Gasteiger partial charge is 0.354 e. The Morgan fingerprint density at radius 2 is 2.00 bits per heavy atom. The van der Waals surface area contributed by atoms with E-state index in [9.17, 15) is 9.90 Å². The molecule has 6 nitrogen and oxygen atoms in total. The number of hydrogen-bond donors (Lipinski definition) is 3. The number of carboxylic acids is 1. The molecule has 1 aliphatic carbocycles. The monoisotopic (exact) mass is 474 g/mol. The number of nitrogens with one attached hydrogen (secondary N) is 1. The summed E-state index contributed by atoms with van der Waals surface area (Å²) in [7, 11) is 0. The minimum absolute atomic E-state index is 0.0408. The fraction of sp³-hybridized carbons (Fsp3) is 0.200. The van der Waals surface area contributed by atoms with Crippen LogP contribution < -0.4 is 5.43 Å². The number of carbonyl (C=O) groups is 1. The summed E-state index contributed by atoms with van der Waals surface area (Å²) in [5, 5.41) is 14.9. The first kappa shape index (κ1) is 21.6. The quantitative estimate of drug-likeness (QED) is 0.237. The molecule has 1 aliphatic rings. The lowest BCUT2D eigenvalue weighted by atomic mass is 9.88. The van der Waals surface area contributed by atoms with E-state index < -0.39 is 5.97 Å². The molecule has 0 saturated carbocycles. The predicted molar refractivity (Wildman–Crippen MR) is 137 cm³/mol. The summed E-state index contributed by atoms with van der Waals surface area (Å²) in [5.74, 6) is -1.05. The van der Waals surface area contributed by atoms with Crippen molar-refractivity contribution < 1.29 is 9.90 Å². The fourth-order valence-corrected chi connectivity index (χ4v) is 5.11. The van der Waals surface area contributed by atoms with Crippen LogP contribution in [0.1, 0.15) is 52.2 Å². The zero-order valence-electron chi connectivity index (χ0n) is 17.9. The van der Waals surface area contributed by atoms with Crippen molar-refractivity contribution in [3.63, 3.8) is 0 Å². The van der Waals surface area contributed by atoms with Crippen molar-refractivity contribution in [1.82, 2.24) is 9.97 Å². The Bertz CT molecular complexity index is 1360. The van der Waals surface area contributed by atoms with Gasteiger partial charge in [-0.15, -0.1) is 0 Å². The van der Waals surface area contributed by atoms with Crippen LogP contribution in [0.25, 0.3) is 21.5 Å². The van der Waals surface area contributed by atoms with Crippen molar-refractivity contribution in [3.05, 3.63) is 77.0 Å². The number of hydrazone groups is 1. The van der Waals surface area contributed by atoms with Crippen molar-refractivity contribution in [3.8, 4) is 11.3 Å². The number of thiol groups is 1. The van der Waals surface area contributed by atoms with Gasteiger partial charge in [0.2, 0.25) is 5.13 Å². The van der Waals surface area contributed by atoms with Gasteiger partial charge in [0, 0.05) is 16.4 Å². The molecule has 0 aliphatic heterocycles. The molecule has 1 atom stereocenters. The van der Waals surface area contributed by atoms with E-state index in [0.717, 1.165) is 51.4 Å². The molecule has 0 spiro atoms. The van der Waals surface area contributed by atoms with Crippen molar-refractivity contribution in [2.45, 2.75) is 31.4 Å². The van der Waals surface area contributed by atoms with Gasteiger partial charge >= 0.3 is 5.97 Å². The van der Waals surface area contributed by atoms with E-state index in [1.807, 2.05) is 43.3 Å². The number of para-hydroxylation sites is 1. The van der Waals surface area contributed by atoms with E-state index >= 15 is 0 Å². The third-order valence-electron chi connectivity index (χ3n) is 5.74. The number of aryl methyl sites for hydroxylation is 1. The number of carboxylic acid groups (broad SMARTS) is 1. The van der Waals surface area contributed by atoms with Gasteiger partial charge in [-0.05, 0) is 61.6 Å². The van der Waals surface area contributed by atoms with Gasteiger partial charge in [-0.1, -0.05) is 41.7 Å². The molecule has 0 amide bonds. The van der Waals surface area contributed by atoms with Gasteiger partial charge in [-0.2, -0.15) is 17.7 Å². The molecule has 0 fully saturated rings. The van der Waals surface area contributed by atoms with Crippen LogP contribution in [-0.2, 0) is 6.42 Å². The van der Waals surface area contributed by atoms with Crippen molar-refractivity contribution in [2.75, 3.05) is 5.43 Å². The van der Waals surface area contributed by atoms with Gasteiger partial charge in [0.05, 0.1) is 21.6 Å². The summed E-state index contributed by atoms with van der Waals surface area (Å²) in [6.45, 7) is 1.84. The molecule has 8 heteroatoms. The average Bonchev–Trinajstić information content (AvgIpc) is 3.25. The van der Waals surface area contributed by atoms with Gasteiger partial charge in [0.1, 0.15) is 0 Å². The number of benzene rings is 2. The van der Waals surface area contributed by atoms with E-state index in [1.165, 1.54) is 5.56 Å².